The van der Waals surface area contributed by atoms with Gasteiger partial charge in [0.1, 0.15) is 0 Å². The maximum atomic E-state index is 12.2. The number of nitrogens with one attached hydrogen (secondary N) is 2. The zero-order chi connectivity index (χ0) is 13.8. The molecule has 106 valence electrons. The van der Waals surface area contributed by atoms with E-state index in [1.807, 2.05) is 11.4 Å². The molecule has 3 rings (SSSR count). The molecule has 6 heteroatoms. The van der Waals surface area contributed by atoms with Crippen LogP contribution < -0.4 is 5.32 Å². The minimum absolute atomic E-state index is 0.0581. The van der Waals surface area contributed by atoms with Gasteiger partial charge in [0.05, 0.1) is 24.1 Å². The van der Waals surface area contributed by atoms with Crippen molar-refractivity contribution in [3.05, 3.63) is 39.8 Å². The monoisotopic (exact) mass is 291 g/mol. The Bertz CT molecular complexity index is 559. The number of rotatable bonds is 5. The van der Waals surface area contributed by atoms with Gasteiger partial charge in [0, 0.05) is 23.9 Å². The van der Waals surface area contributed by atoms with Crippen LogP contribution in [0.1, 0.15) is 33.3 Å². The molecule has 20 heavy (non-hydrogen) atoms. The normalized spacial score (nSPS) is 18.3. The summed E-state index contributed by atoms with van der Waals surface area (Å²) in [4.78, 5) is 13.5. The van der Waals surface area contributed by atoms with Crippen molar-refractivity contribution in [2.75, 3.05) is 19.8 Å². The quantitative estimate of drug-likeness (QED) is 0.885. The SMILES string of the molecule is O=C(NCCc1cccs1)c1cn[nH]c1[C@H]1CCOC1. The number of carbonyl (C=O) groups excluding carboxylic acids is 1. The highest BCUT2D eigenvalue weighted by molar-refractivity contribution is 7.09. The average molecular weight is 291 g/mol. The Balaban J connectivity index is 1.58. The Morgan fingerprint density at radius 2 is 2.55 bits per heavy atom. The standard InChI is InChI=1S/C14H17N3O2S/c18-14(15-5-3-11-2-1-7-20-11)12-8-16-17-13(12)10-4-6-19-9-10/h1-2,7-8,10H,3-6,9H2,(H,15,18)(H,16,17)/t10-/m0/s1. The molecule has 1 fully saturated rings. The van der Waals surface area contributed by atoms with E-state index in [-0.39, 0.29) is 11.8 Å². The Kier molecular flexibility index (Phi) is 4.13. The molecule has 2 N–H and O–H groups in total. The molecular formula is C14H17N3O2S. The average Bonchev–Trinajstić information content (AvgIpc) is 3.19. The third kappa shape index (κ3) is 2.91. The lowest BCUT2D eigenvalue weighted by molar-refractivity contribution is 0.0952. The molecule has 5 nitrogen and oxygen atoms in total. The number of hydrogen-bond donors (Lipinski definition) is 2. The van der Waals surface area contributed by atoms with E-state index in [2.05, 4.69) is 21.6 Å². The van der Waals surface area contributed by atoms with Gasteiger partial charge in [-0.25, -0.2) is 0 Å². The zero-order valence-electron chi connectivity index (χ0n) is 11.1. The van der Waals surface area contributed by atoms with Crippen LogP contribution in [0.15, 0.2) is 23.7 Å². The van der Waals surface area contributed by atoms with Crippen molar-refractivity contribution < 1.29 is 9.53 Å². The molecule has 1 saturated heterocycles. The number of carbonyl (C=O) groups is 1. The fourth-order valence-corrected chi connectivity index (χ4v) is 3.11. The number of ether oxygens (including phenoxy) is 1. The van der Waals surface area contributed by atoms with E-state index in [9.17, 15) is 4.79 Å². The molecule has 2 aromatic heterocycles. The summed E-state index contributed by atoms with van der Waals surface area (Å²) in [7, 11) is 0. The lowest BCUT2D eigenvalue weighted by Gasteiger charge is -2.08. The van der Waals surface area contributed by atoms with E-state index in [0.29, 0.717) is 18.7 Å². The molecule has 0 unspecified atom stereocenters. The molecule has 1 aliphatic rings. The molecule has 0 saturated carbocycles. The number of nitrogens with zero attached hydrogens (tertiary/aromatic N) is 1. The number of H-pyrrole nitrogens is 1. The summed E-state index contributed by atoms with van der Waals surface area (Å²) in [6, 6.07) is 4.10. The third-order valence-corrected chi connectivity index (χ3v) is 4.42. The van der Waals surface area contributed by atoms with Crippen LogP contribution in [0.4, 0.5) is 0 Å². The Hall–Kier alpha value is -1.66. The molecule has 0 aliphatic carbocycles. The molecule has 1 aliphatic heterocycles. The number of aromatic amines is 1. The topological polar surface area (TPSA) is 67.0 Å². The molecular weight excluding hydrogens is 274 g/mol. The van der Waals surface area contributed by atoms with Gasteiger partial charge in [-0.2, -0.15) is 5.10 Å². The van der Waals surface area contributed by atoms with Gasteiger partial charge in [-0.15, -0.1) is 11.3 Å². The second-order valence-corrected chi connectivity index (χ2v) is 5.88. The summed E-state index contributed by atoms with van der Waals surface area (Å²) in [6.07, 6.45) is 3.41. The lowest BCUT2D eigenvalue weighted by atomic mass is 10.0. The largest absolute Gasteiger partial charge is 0.381 e. The van der Waals surface area contributed by atoms with Gasteiger partial charge in [-0.3, -0.25) is 9.89 Å². The Morgan fingerprint density at radius 3 is 3.30 bits per heavy atom. The molecule has 0 spiro atoms. The summed E-state index contributed by atoms with van der Waals surface area (Å²) in [5, 5.41) is 12.0. The predicted octanol–water partition coefficient (Wildman–Crippen LogP) is 1.95. The van der Waals surface area contributed by atoms with Gasteiger partial charge in [0.2, 0.25) is 0 Å². The van der Waals surface area contributed by atoms with Gasteiger partial charge in [-0.1, -0.05) is 6.07 Å². The van der Waals surface area contributed by atoms with E-state index in [1.54, 1.807) is 17.5 Å². The van der Waals surface area contributed by atoms with E-state index >= 15 is 0 Å². The summed E-state index contributed by atoms with van der Waals surface area (Å²) >= 11 is 1.71. The van der Waals surface area contributed by atoms with E-state index < -0.39 is 0 Å². The van der Waals surface area contributed by atoms with Crippen LogP contribution in [0.2, 0.25) is 0 Å². The van der Waals surface area contributed by atoms with Crippen LogP contribution in [0.5, 0.6) is 0 Å². The molecule has 0 radical (unpaired) electrons. The van der Waals surface area contributed by atoms with E-state index in [1.165, 1.54) is 4.88 Å². The molecule has 1 atom stereocenters. The summed E-state index contributed by atoms with van der Waals surface area (Å²) in [5.41, 5.74) is 1.54. The second-order valence-electron chi connectivity index (χ2n) is 4.84. The predicted molar refractivity (Wildman–Crippen MR) is 77.1 cm³/mol. The highest BCUT2D eigenvalue weighted by Crippen LogP contribution is 2.25. The molecule has 2 aromatic rings. The van der Waals surface area contributed by atoms with E-state index in [4.69, 9.17) is 4.74 Å². The van der Waals surface area contributed by atoms with Crippen LogP contribution >= 0.6 is 11.3 Å². The highest BCUT2D eigenvalue weighted by Gasteiger charge is 2.24. The van der Waals surface area contributed by atoms with Crippen LogP contribution in [-0.4, -0.2) is 35.9 Å². The lowest BCUT2D eigenvalue weighted by Crippen LogP contribution is -2.26. The van der Waals surface area contributed by atoms with Gasteiger partial charge in [0.25, 0.3) is 5.91 Å². The summed E-state index contributed by atoms with van der Waals surface area (Å²) < 4.78 is 5.37. The molecule has 0 aromatic carbocycles. The van der Waals surface area contributed by atoms with E-state index in [0.717, 1.165) is 25.1 Å². The smallest absolute Gasteiger partial charge is 0.254 e. The minimum atomic E-state index is -0.0581. The van der Waals surface area contributed by atoms with Crippen molar-refractivity contribution in [2.24, 2.45) is 0 Å². The van der Waals surface area contributed by atoms with Crippen molar-refractivity contribution >= 4 is 17.2 Å². The van der Waals surface area contributed by atoms with Crippen LogP contribution in [0, 0.1) is 0 Å². The fourth-order valence-electron chi connectivity index (χ4n) is 2.40. The van der Waals surface area contributed by atoms with Crippen molar-refractivity contribution in [1.82, 2.24) is 15.5 Å². The number of amides is 1. The first-order valence-electron chi connectivity index (χ1n) is 6.76. The zero-order valence-corrected chi connectivity index (χ0v) is 11.9. The third-order valence-electron chi connectivity index (χ3n) is 3.49. The maximum absolute atomic E-state index is 12.2. The molecule has 3 heterocycles. The van der Waals surface area contributed by atoms with Gasteiger partial charge < -0.3 is 10.1 Å². The van der Waals surface area contributed by atoms with Crippen LogP contribution in [-0.2, 0) is 11.2 Å². The van der Waals surface area contributed by atoms with Crippen molar-refractivity contribution in [3.63, 3.8) is 0 Å². The van der Waals surface area contributed by atoms with Gasteiger partial charge >= 0.3 is 0 Å². The fraction of sp³-hybridized carbons (Fsp3) is 0.429. The Morgan fingerprint density at radius 1 is 1.60 bits per heavy atom. The van der Waals surface area contributed by atoms with Crippen molar-refractivity contribution in [2.45, 2.75) is 18.8 Å². The molecule has 1 amide bonds. The van der Waals surface area contributed by atoms with Crippen LogP contribution in [0.3, 0.4) is 0 Å². The Labute approximate surface area is 121 Å². The molecule has 0 bridgehead atoms. The van der Waals surface area contributed by atoms with Gasteiger partial charge in [-0.05, 0) is 24.3 Å². The second kappa shape index (κ2) is 6.19. The first kappa shape index (κ1) is 13.3. The maximum Gasteiger partial charge on any atom is 0.254 e. The van der Waals surface area contributed by atoms with Crippen LogP contribution in [0.25, 0.3) is 0 Å². The first-order chi connectivity index (χ1) is 9.84. The number of aromatic nitrogens is 2. The number of hydrogen-bond acceptors (Lipinski definition) is 4. The van der Waals surface area contributed by atoms with Crippen molar-refractivity contribution in [3.8, 4) is 0 Å². The minimum Gasteiger partial charge on any atom is -0.381 e. The first-order valence-corrected chi connectivity index (χ1v) is 7.64. The van der Waals surface area contributed by atoms with Gasteiger partial charge in [0.15, 0.2) is 0 Å². The number of thiophene rings is 1. The highest BCUT2D eigenvalue weighted by atomic mass is 32.1. The summed E-state index contributed by atoms with van der Waals surface area (Å²) in [5.74, 6) is 0.202. The summed E-state index contributed by atoms with van der Waals surface area (Å²) in [6.45, 7) is 2.06. The van der Waals surface area contributed by atoms with Crippen molar-refractivity contribution in [1.29, 1.82) is 0 Å².